The molecule has 0 bridgehead atoms. The van der Waals surface area contributed by atoms with Crippen LogP contribution in [-0.4, -0.2) is 39.5 Å². The van der Waals surface area contributed by atoms with Crippen molar-refractivity contribution in [2.24, 2.45) is 0 Å². The Hall–Kier alpha value is -2.95. The Morgan fingerprint density at radius 1 is 1.14 bits per heavy atom. The quantitative estimate of drug-likeness (QED) is 0.177. The SMILES string of the molecule is CCc1c(-c2nnc(SCC(=O)Nc3sc(C)c(-c4ccccc4)c3C(=O)OC)n2C(C)C)csc1C. The summed E-state index contributed by atoms with van der Waals surface area (Å²) in [5.74, 6) is 0.255. The second kappa shape index (κ2) is 11.6. The molecule has 10 heteroatoms. The molecular weight excluding hydrogens is 525 g/mol. The summed E-state index contributed by atoms with van der Waals surface area (Å²) in [4.78, 5) is 28.0. The van der Waals surface area contributed by atoms with Gasteiger partial charge in [0.1, 0.15) is 10.6 Å². The summed E-state index contributed by atoms with van der Waals surface area (Å²) in [7, 11) is 1.35. The molecule has 0 aliphatic carbocycles. The highest BCUT2D eigenvalue weighted by molar-refractivity contribution is 7.99. The van der Waals surface area contributed by atoms with Crippen LogP contribution in [0.5, 0.6) is 0 Å². The maximum Gasteiger partial charge on any atom is 0.341 e. The van der Waals surface area contributed by atoms with E-state index >= 15 is 0 Å². The minimum atomic E-state index is -0.479. The third kappa shape index (κ3) is 5.51. The zero-order chi connectivity index (χ0) is 26.7. The van der Waals surface area contributed by atoms with E-state index in [1.165, 1.54) is 40.6 Å². The predicted octanol–water partition coefficient (Wildman–Crippen LogP) is 7.01. The van der Waals surface area contributed by atoms with E-state index in [1.54, 1.807) is 11.3 Å². The van der Waals surface area contributed by atoms with E-state index in [4.69, 9.17) is 4.74 Å². The molecule has 0 aliphatic heterocycles. The number of rotatable bonds is 9. The smallest absolute Gasteiger partial charge is 0.341 e. The molecule has 0 unspecified atom stereocenters. The summed E-state index contributed by atoms with van der Waals surface area (Å²) in [5, 5.41) is 15.2. The van der Waals surface area contributed by atoms with Gasteiger partial charge in [-0.25, -0.2) is 4.79 Å². The van der Waals surface area contributed by atoms with Crippen LogP contribution < -0.4 is 5.32 Å². The first-order valence-corrected chi connectivity index (χ1v) is 14.7. The van der Waals surface area contributed by atoms with Gasteiger partial charge >= 0.3 is 5.97 Å². The summed E-state index contributed by atoms with van der Waals surface area (Å²) in [6, 6.07) is 9.77. The number of hydrogen-bond donors (Lipinski definition) is 1. The van der Waals surface area contributed by atoms with Crippen molar-refractivity contribution in [1.82, 2.24) is 14.8 Å². The van der Waals surface area contributed by atoms with Crippen LogP contribution in [0.3, 0.4) is 0 Å². The summed E-state index contributed by atoms with van der Waals surface area (Å²) >= 11 is 4.42. The van der Waals surface area contributed by atoms with Crippen LogP contribution in [0.1, 0.15) is 52.5 Å². The van der Waals surface area contributed by atoms with E-state index in [0.29, 0.717) is 15.7 Å². The van der Waals surface area contributed by atoms with Crippen LogP contribution in [-0.2, 0) is 16.0 Å². The molecule has 1 N–H and O–H groups in total. The second-order valence-corrected chi connectivity index (χ2v) is 12.0. The van der Waals surface area contributed by atoms with Crippen molar-refractivity contribution in [1.29, 1.82) is 0 Å². The van der Waals surface area contributed by atoms with E-state index in [1.807, 2.05) is 37.3 Å². The molecule has 0 saturated carbocycles. The summed E-state index contributed by atoms with van der Waals surface area (Å²) in [6.07, 6.45) is 0.925. The largest absolute Gasteiger partial charge is 0.465 e. The lowest BCUT2D eigenvalue weighted by atomic mass is 10.0. The van der Waals surface area contributed by atoms with Crippen molar-refractivity contribution in [3.8, 4) is 22.5 Å². The van der Waals surface area contributed by atoms with Crippen molar-refractivity contribution in [2.45, 2.75) is 52.2 Å². The van der Waals surface area contributed by atoms with Gasteiger partial charge in [0.2, 0.25) is 5.91 Å². The maximum absolute atomic E-state index is 13.0. The normalized spacial score (nSPS) is 11.2. The van der Waals surface area contributed by atoms with E-state index in [9.17, 15) is 9.59 Å². The molecule has 3 heterocycles. The molecule has 4 aromatic rings. The fraction of sp³-hybridized carbons (Fsp3) is 0.333. The van der Waals surface area contributed by atoms with Crippen LogP contribution in [0.25, 0.3) is 22.5 Å². The molecule has 7 nitrogen and oxygen atoms in total. The van der Waals surface area contributed by atoms with E-state index in [2.05, 4.69) is 53.2 Å². The molecule has 3 aromatic heterocycles. The van der Waals surface area contributed by atoms with Crippen molar-refractivity contribution >= 4 is 51.3 Å². The van der Waals surface area contributed by atoms with Crippen LogP contribution in [0.2, 0.25) is 0 Å². The van der Waals surface area contributed by atoms with Gasteiger partial charge in [-0.3, -0.25) is 9.36 Å². The lowest BCUT2D eigenvalue weighted by molar-refractivity contribution is -0.113. The van der Waals surface area contributed by atoms with E-state index < -0.39 is 5.97 Å². The molecule has 1 amide bonds. The molecule has 0 spiro atoms. The van der Waals surface area contributed by atoms with Gasteiger partial charge < -0.3 is 10.1 Å². The third-order valence-electron chi connectivity index (χ3n) is 6.00. The first kappa shape index (κ1) is 27.1. The molecule has 0 radical (unpaired) electrons. The Morgan fingerprint density at radius 2 is 1.86 bits per heavy atom. The molecular formula is C27H30N4O3S3. The standard InChI is InChI=1S/C27H30N4O3S3/c1-7-19-16(4)35-13-20(19)24-29-30-27(31(24)15(2)3)36-14-21(32)28-25-23(26(33)34-6)22(17(5)37-25)18-11-9-8-10-12-18/h8-13,15H,7,14H2,1-6H3,(H,28,32). The average Bonchev–Trinajstić information content (AvgIpc) is 3.56. The highest BCUT2D eigenvalue weighted by atomic mass is 32.2. The number of hydrogen-bond acceptors (Lipinski definition) is 8. The fourth-order valence-electron chi connectivity index (χ4n) is 4.31. The minimum absolute atomic E-state index is 0.125. The number of aryl methyl sites for hydroxylation is 2. The monoisotopic (exact) mass is 554 g/mol. The Kier molecular flexibility index (Phi) is 8.51. The number of esters is 1. The topological polar surface area (TPSA) is 86.1 Å². The summed E-state index contributed by atoms with van der Waals surface area (Å²) in [6.45, 7) is 10.4. The van der Waals surface area contributed by atoms with Gasteiger partial charge in [-0.2, -0.15) is 0 Å². The van der Waals surface area contributed by atoms with Crippen LogP contribution in [0, 0.1) is 13.8 Å². The first-order valence-electron chi connectivity index (χ1n) is 12.0. The van der Waals surface area contributed by atoms with E-state index in [0.717, 1.165) is 33.8 Å². The molecule has 0 saturated heterocycles. The van der Waals surface area contributed by atoms with Gasteiger partial charge in [0.25, 0.3) is 0 Å². The molecule has 4 rings (SSSR count). The second-order valence-electron chi connectivity index (χ2n) is 8.74. The number of carbonyl (C=O) groups is 2. The van der Waals surface area contributed by atoms with Gasteiger partial charge in [-0.1, -0.05) is 49.0 Å². The number of aromatic nitrogens is 3. The number of carbonyl (C=O) groups excluding carboxylic acids is 2. The number of ether oxygens (including phenoxy) is 1. The van der Waals surface area contributed by atoms with Gasteiger partial charge in [0, 0.05) is 32.3 Å². The van der Waals surface area contributed by atoms with Crippen molar-refractivity contribution in [2.75, 3.05) is 18.2 Å². The maximum atomic E-state index is 13.0. The van der Waals surface area contributed by atoms with Crippen LogP contribution in [0.15, 0.2) is 40.9 Å². The van der Waals surface area contributed by atoms with Crippen molar-refractivity contribution in [3.05, 3.63) is 56.6 Å². The molecule has 0 fully saturated rings. The van der Waals surface area contributed by atoms with Crippen molar-refractivity contribution < 1.29 is 14.3 Å². The minimum Gasteiger partial charge on any atom is -0.465 e. The number of nitrogens with zero attached hydrogens (tertiary/aromatic N) is 3. The Bertz CT molecular complexity index is 1420. The lowest BCUT2D eigenvalue weighted by Crippen LogP contribution is -2.16. The molecule has 0 atom stereocenters. The Labute approximate surface area is 229 Å². The number of thioether (sulfide) groups is 1. The molecule has 37 heavy (non-hydrogen) atoms. The van der Waals surface area contributed by atoms with Gasteiger partial charge in [0.05, 0.1) is 12.9 Å². The van der Waals surface area contributed by atoms with Crippen LogP contribution in [0.4, 0.5) is 5.00 Å². The zero-order valence-electron chi connectivity index (χ0n) is 21.7. The Balaban J connectivity index is 1.57. The fourth-order valence-corrected chi connectivity index (χ4v) is 7.19. The molecule has 0 aliphatic rings. The zero-order valence-corrected chi connectivity index (χ0v) is 24.2. The van der Waals surface area contributed by atoms with E-state index in [-0.39, 0.29) is 17.7 Å². The van der Waals surface area contributed by atoms with Gasteiger partial charge in [0.15, 0.2) is 11.0 Å². The number of anilines is 1. The predicted molar refractivity (Wildman–Crippen MR) is 153 cm³/mol. The summed E-state index contributed by atoms with van der Waals surface area (Å²) < 4.78 is 7.15. The third-order valence-corrected chi connectivity index (χ3v) is 8.92. The van der Waals surface area contributed by atoms with Gasteiger partial charge in [-0.15, -0.1) is 32.9 Å². The van der Waals surface area contributed by atoms with Crippen LogP contribution >= 0.6 is 34.4 Å². The number of benzene rings is 1. The average molecular weight is 555 g/mol. The number of methoxy groups -OCH3 is 1. The Morgan fingerprint density at radius 3 is 2.51 bits per heavy atom. The molecule has 194 valence electrons. The molecule has 1 aromatic carbocycles. The lowest BCUT2D eigenvalue weighted by Gasteiger charge is -2.14. The number of nitrogens with one attached hydrogen (secondary N) is 1. The highest BCUT2D eigenvalue weighted by Crippen LogP contribution is 2.40. The number of thiophene rings is 2. The number of amides is 1. The summed E-state index contributed by atoms with van der Waals surface area (Å²) in [5.41, 5.74) is 4.45. The van der Waals surface area contributed by atoms with Crippen molar-refractivity contribution in [3.63, 3.8) is 0 Å². The first-order chi connectivity index (χ1) is 17.8. The van der Waals surface area contributed by atoms with Gasteiger partial charge in [-0.05, 0) is 45.2 Å². The highest BCUT2D eigenvalue weighted by Gasteiger charge is 2.26.